The van der Waals surface area contributed by atoms with E-state index >= 15 is 0 Å². The fourth-order valence-electron chi connectivity index (χ4n) is 3.49. The summed E-state index contributed by atoms with van der Waals surface area (Å²) in [5, 5.41) is 2.23. The van der Waals surface area contributed by atoms with Crippen molar-refractivity contribution in [1.82, 2.24) is 14.9 Å². The van der Waals surface area contributed by atoms with Gasteiger partial charge in [0, 0.05) is 13.3 Å². The number of hydrogen-bond acceptors (Lipinski definition) is 5. The number of pyridine rings is 2. The number of rotatable bonds is 6. The number of aromatic nitrogens is 2. The Morgan fingerprint density at radius 1 is 1.11 bits per heavy atom. The zero-order valence-electron chi connectivity index (χ0n) is 18.7. The number of anilines is 2. The highest BCUT2D eigenvalue weighted by atomic mass is 19.4. The lowest BCUT2D eigenvalue weighted by molar-refractivity contribution is -0.141. The van der Waals surface area contributed by atoms with Gasteiger partial charge in [0.05, 0.1) is 35.6 Å². The van der Waals surface area contributed by atoms with Crippen LogP contribution in [-0.4, -0.2) is 58.6 Å². The Morgan fingerprint density at radius 2 is 1.80 bits per heavy atom. The normalized spacial score (nSPS) is 17.2. The van der Waals surface area contributed by atoms with Crippen molar-refractivity contribution in [2.75, 3.05) is 30.4 Å². The molecule has 3 amide bonds. The molecule has 3 heterocycles. The molecule has 2 aromatic heterocycles. The number of carbonyl (C=O) groups is 2. The summed E-state index contributed by atoms with van der Waals surface area (Å²) in [6.07, 6.45) is -7.52. The summed E-state index contributed by atoms with van der Waals surface area (Å²) >= 11 is 0. The van der Waals surface area contributed by atoms with Crippen LogP contribution >= 0.6 is 0 Å². The molecule has 0 bridgehead atoms. The van der Waals surface area contributed by atoms with Crippen LogP contribution in [0, 0.1) is 0 Å². The lowest BCUT2D eigenvalue weighted by Gasteiger charge is -2.34. The van der Waals surface area contributed by atoms with Gasteiger partial charge < -0.3 is 15.0 Å². The van der Waals surface area contributed by atoms with Gasteiger partial charge in [0.1, 0.15) is 18.1 Å². The topological polar surface area (TPSA) is 87.7 Å². The molecule has 35 heavy (non-hydrogen) atoms. The predicted octanol–water partition coefficient (Wildman–Crippen LogP) is 4.19. The van der Waals surface area contributed by atoms with E-state index in [1.807, 2.05) is 0 Å². The van der Waals surface area contributed by atoms with Crippen LogP contribution in [-0.2, 0) is 21.9 Å². The third kappa shape index (κ3) is 5.81. The van der Waals surface area contributed by atoms with E-state index in [9.17, 15) is 35.9 Å². The van der Waals surface area contributed by atoms with Crippen LogP contribution in [0.2, 0.25) is 0 Å². The van der Waals surface area contributed by atoms with E-state index in [1.165, 1.54) is 7.11 Å². The molecule has 2 aromatic rings. The standard InChI is InChI=1S/C21H21F6N5O3/c1-19(2,35-3)15-10-31(13-4-5-14(29-9-13)21(25,26)27)18(34)32(15)11-17(33)30-16-8-12(6-7-28-16)20(22,23)24/h4-9,15H,10-11H2,1-3H3,(H,28,30,33)/t15-/m1/s1. The first-order valence-electron chi connectivity index (χ1n) is 10.1. The SMILES string of the molecule is COC(C)(C)[C@H]1CN(c2ccc(C(F)(F)F)nc2)C(=O)N1CC(=O)Nc1cc(C(F)(F)F)ccn1. The van der Waals surface area contributed by atoms with E-state index in [1.54, 1.807) is 13.8 Å². The minimum absolute atomic E-state index is 0.0399. The summed E-state index contributed by atoms with van der Waals surface area (Å²) in [6.45, 7) is 2.69. The number of hydrogen-bond donors (Lipinski definition) is 1. The van der Waals surface area contributed by atoms with Crippen molar-refractivity contribution in [2.45, 2.75) is 37.8 Å². The Hall–Kier alpha value is -3.42. The van der Waals surface area contributed by atoms with E-state index in [0.717, 1.165) is 40.4 Å². The highest BCUT2D eigenvalue weighted by molar-refractivity contribution is 5.99. The number of nitrogens with zero attached hydrogens (tertiary/aromatic N) is 4. The number of halogens is 6. The number of urea groups is 1. The van der Waals surface area contributed by atoms with Crippen LogP contribution in [0.3, 0.4) is 0 Å². The van der Waals surface area contributed by atoms with Crippen LogP contribution < -0.4 is 10.2 Å². The van der Waals surface area contributed by atoms with Crippen molar-refractivity contribution in [3.05, 3.63) is 47.9 Å². The molecule has 0 spiro atoms. The number of methoxy groups -OCH3 is 1. The second-order valence-corrected chi connectivity index (χ2v) is 8.22. The van der Waals surface area contributed by atoms with Crippen LogP contribution in [0.1, 0.15) is 25.1 Å². The van der Waals surface area contributed by atoms with Gasteiger partial charge in [-0.1, -0.05) is 0 Å². The Bertz CT molecular complexity index is 1090. The van der Waals surface area contributed by atoms with Crippen molar-refractivity contribution >= 4 is 23.4 Å². The molecule has 1 aliphatic heterocycles. The molecule has 1 aliphatic rings. The van der Waals surface area contributed by atoms with E-state index < -0.39 is 53.7 Å². The molecule has 1 fully saturated rings. The Morgan fingerprint density at radius 3 is 2.34 bits per heavy atom. The molecule has 190 valence electrons. The van der Waals surface area contributed by atoms with Crippen LogP contribution in [0.5, 0.6) is 0 Å². The maximum atomic E-state index is 13.1. The molecule has 8 nitrogen and oxygen atoms in total. The summed E-state index contributed by atoms with van der Waals surface area (Å²) in [5.74, 6) is -1.18. The molecule has 14 heteroatoms. The number of ether oxygens (including phenoxy) is 1. The van der Waals surface area contributed by atoms with Crippen LogP contribution in [0.4, 0.5) is 42.6 Å². The number of carbonyl (C=O) groups excluding carboxylic acids is 2. The maximum Gasteiger partial charge on any atom is 0.433 e. The van der Waals surface area contributed by atoms with E-state index in [-0.39, 0.29) is 18.1 Å². The molecular formula is C21H21F6N5O3. The first kappa shape index (κ1) is 26.2. The summed E-state index contributed by atoms with van der Waals surface area (Å²) < 4.78 is 82.7. The van der Waals surface area contributed by atoms with Crippen molar-refractivity contribution in [3.63, 3.8) is 0 Å². The lowest BCUT2D eigenvalue weighted by Crippen LogP contribution is -2.51. The minimum atomic E-state index is -4.66. The van der Waals surface area contributed by atoms with E-state index in [2.05, 4.69) is 15.3 Å². The molecule has 0 aliphatic carbocycles. The third-order valence-corrected chi connectivity index (χ3v) is 5.56. The van der Waals surface area contributed by atoms with Crippen molar-refractivity contribution < 1.29 is 40.7 Å². The van der Waals surface area contributed by atoms with Gasteiger partial charge in [0.2, 0.25) is 5.91 Å². The van der Waals surface area contributed by atoms with Crippen LogP contribution in [0.25, 0.3) is 0 Å². The van der Waals surface area contributed by atoms with Crippen LogP contribution in [0.15, 0.2) is 36.7 Å². The number of amides is 3. The number of nitrogens with one attached hydrogen (secondary N) is 1. The summed E-state index contributed by atoms with van der Waals surface area (Å²) in [4.78, 5) is 35.1. The molecule has 0 aromatic carbocycles. The van der Waals surface area contributed by atoms with Gasteiger partial charge in [-0.25, -0.2) is 14.8 Å². The zero-order valence-corrected chi connectivity index (χ0v) is 18.7. The largest absolute Gasteiger partial charge is 0.433 e. The average molecular weight is 505 g/mol. The monoisotopic (exact) mass is 505 g/mol. The fourth-order valence-corrected chi connectivity index (χ4v) is 3.49. The minimum Gasteiger partial charge on any atom is -0.377 e. The van der Waals surface area contributed by atoms with Gasteiger partial charge in [-0.05, 0) is 38.1 Å². The Balaban J connectivity index is 1.82. The van der Waals surface area contributed by atoms with Gasteiger partial charge in [-0.15, -0.1) is 0 Å². The maximum absolute atomic E-state index is 13.1. The second-order valence-electron chi connectivity index (χ2n) is 8.22. The van der Waals surface area contributed by atoms with Gasteiger partial charge in [0.15, 0.2) is 0 Å². The fraction of sp³-hybridized carbons (Fsp3) is 0.429. The molecule has 0 radical (unpaired) electrons. The van der Waals surface area contributed by atoms with E-state index in [4.69, 9.17) is 4.74 Å². The molecule has 1 saturated heterocycles. The number of alkyl halides is 6. The van der Waals surface area contributed by atoms with Gasteiger partial charge in [-0.3, -0.25) is 9.69 Å². The molecule has 0 unspecified atom stereocenters. The van der Waals surface area contributed by atoms with Crippen molar-refractivity contribution in [1.29, 1.82) is 0 Å². The highest BCUT2D eigenvalue weighted by Gasteiger charge is 2.47. The first-order valence-corrected chi connectivity index (χ1v) is 10.1. The highest BCUT2D eigenvalue weighted by Crippen LogP contribution is 2.33. The summed E-state index contributed by atoms with van der Waals surface area (Å²) in [5.41, 5.74) is -3.06. The average Bonchev–Trinajstić information content (AvgIpc) is 3.09. The van der Waals surface area contributed by atoms with E-state index in [0.29, 0.717) is 6.07 Å². The Labute approximate surface area is 195 Å². The smallest absolute Gasteiger partial charge is 0.377 e. The second kappa shape index (κ2) is 9.32. The van der Waals surface area contributed by atoms with Crippen molar-refractivity contribution in [3.8, 4) is 0 Å². The van der Waals surface area contributed by atoms with Gasteiger partial charge in [0.25, 0.3) is 0 Å². The first-order chi connectivity index (χ1) is 16.1. The molecule has 1 N–H and O–H groups in total. The molecule has 3 rings (SSSR count). The third-order valence-electron chi connectivity index (χ3n) is 5.56. The molecule has 0 saturated carbocycles. The molecule has 1 atom stereocenters. The van der Waals surface area contributed by atoms with Gasteiger partial charge >= 0.3 is 18.4 Å². The van der Waals surface area contributed by atoms with Gasteiger partial charge in [-0.2, -0.15) is 26.3 Å². The molecular weight excluding hydrogens is 484 g/mol. The quantitative estimate of drug-likeness (QED) is 0.595. The Kier molecular flexibility index (Phi) is 6.97. The van der Waals surface area contributed by atoms with Crippen molar-refractivity contribution in [2.24, 2.45) is 0 Å². The predicted molar refractivity (Wildman–Crippen MR) is 111 cm³/mol. The summed E-state index contributed by atoms with van der Waals surface area (Å²) in [6, 6.07) is 1.76. The lowest BCUT2D eigenvalue weighted by atomic mass is 9.98. The summed E-state index contributed by atoms with van der Waals surface area (Å²) in [7, 11) is 1.39. The zero-order chi connectivity index (χ0) is 26.2.